The summed E-state index contributed by atoms with van der Waals surface area (Å²) < 4.78 is 5.33. The van der Waals surface area contributed by atoms with Crippen LogP contribution in [-0.2, 0) is 11.2 Å². The van der Waals surface area contributed by atoms with Crippen LogP contribution in [0.15, 0.2) is 6.33 Å². The Kier molecular flexibility index (Phi) is 5.31. The van der Waals surface area contributed by atoms with Crippen molar-refractivity contribution in [1.82, 2.24) is 14.9 Å². The number of morpholine rings is 1. The van der Waals surface area contributed by atoms with E-state index < -0.39 is 0 Å². The molecule has 0 aliphatic carbocycles. The number of nitrogens with zero attached hydrogens (tertiary/aromatic N) is 3. The van der Waals surface area contributed by atoms with Gasteiger partial charge in [-0.1, -0.05) is 6.92 Å². The molecule has 0 spiro atoms. The molecular formula is C12H22N6O. The SMILES string of the molecule is CCc1c(NN)ncnc1NCCN1CCOCC1. The van der Waals surface area contributed by atoms with Gasteiger partial charge in [-0.3, -0.25) is 4.90 Å². The summed E-state index contributed by atoms with van der Waals surface area (Å²) in [6.45, 7) is 7.57. The Morgan fingerprint density at radius 3 is 2.74 bits per heavy atom. The monoisotopic (exact) mass is 266 g/mol. The van der Waals surface area contributed by atoms with Gasteiger partial charge >= 0.3 is 0 Å². The Labute approximate surface area is 113 Å². The fourth-order valence-electron chi connectivity index (χ4n) is 2.18. The third-order valence-electron chi connectivity index (χ3n) is 3.26. The summed E-state index contributed by atoms with van der Waals surface area (Å²) in [6.07, 6.45) is 2.35. The van der Waals surface area contributed by atoms with Crippen LogP contribution in [0.3, 0.4) is 0 Å². The van der Waals surface area contributed by atoms with Gasteiger partial charge in [0, 0.05) is 31.7 Å². The molecule has 2 heterocycles. The quantitative estimate of drug-likeness (QED) is 0.496. The lowest BCUT2D eigenvalue weighted by molar-refractivity contribution is 0.0398. The van der Waals surface area contributed by atoms with Gasteiger partial charge in [-0.25, -0.2) is 15.8 Å². The van der Waals surface area contributed by atoms with Crippen LogP contribution >= 0.6 is 0 Å². The van der Waals surface area contributed by atoms with Crippen LogP contribution < -0.4 is 16.6 Å². The molecule has 19 heavy (non-hydrogen) atoms. The van der Waals surface area contributed by atoms with E-state index in [4.69, 9.17) is 10.6 Å². The maximum atomic E-state index is 5.45. The second-order valence-electron chi connectivity index (χ2n) is 4.43. The summed E-state index contributed by atoms with van der Waals surface area (Å²) in [5.41, 5.74) is 3.63. The van der Waals surface area contributed by atoms with Crippen LogP contribution in [0.5, 0.6) is 0 Å². The Morgan fingerprint density at radius 1 is 1.32 bits per heavy atom. The predicted molar refractivity (Wildman–Crippen MR) is 75.0 cm³/mol. The number of aromatic nitrogens is 2. The molecule has 1 aliphatic rings. The molecule has 2 rings (SSSR count). The van der Waals surface area contributed by atoms with Gasteiger partial charge in [0.05, 0.1) is 13.2 Å². The summed E-state index contributed by atoms with van der Waals surface area (Å²) in [7, 11) is 0. The van der Waals surface area contributed by atoms with E-state index in [1.807, 2.05) is 0 Å². The number of nitrogens with two attached hydrogens (primary N) is 1. The minimum atomic E-state index is 0.686. The third kappa shape index (κ3) is 3.76. The molecule has 0 aromatic carbocycles. The summed E-state index contributed by atoms with van der Waals surface area (Å²) in [5, 5.41) is 3.36. The minimum absolute atomic E-state index is 0.686. The van der Waals surface area contributed by atoms with Crippen molar-refractivity contribution in [3.05, 3.63) is 11.9 Å². The van der Waals surface area contributed by atoms with Gasteiger partial charge in [0.15, 0.2) is 0 Å². The summed E-state index contributed by atoms with van der Waals surface area (Å²) in [4.78, 5) is 10.8. The van der Waals surface area contributed by atoms with Crippen molar-refractivity contribution in [3.63, 3.8) is 0 Å². The van der Waals surface area contributed by atoms with E-state index in [2.05, 4.69) is 32.5 Å². The molecule has 0 amide bonds. The first kappa shape index (κ1) is 14.0. The number of ether oxygens (including phenoxy) is 1. The van der Waals surface area contributed by atoms with Crippen LogP contribution in [-0.4, -0.2) is 54.3 Å². The minimum Gasteiger partial charge on any atom is -0.379 e. The first-order valence-corrected chi connectivity index (χ1v) is 6.69. The smallest absolute Gasteiger partial charge is 0.148 e. The first-order valence-electron chi connectivity index (χ1n) is 6.69. The number of anilines is 2. The molecular weight excluding hydrogens is 244 g/mol. The Morgan fingerprint density at radius 2 is 2.05 bits per heavy atom. The lowest BCUT2D eigenvalue weighted by Gasteiger charge is -2.26. The van der Waals surface area contributed by atoms with Gasteiger partial charge in [0.25, 0.3) is 0 Å². The summed E-state index contributed by atoms with van der Waals surface area (Å²) in [5.74, 6) is 7.00. The van der Waals surface area contributed by atoms with E-state index >= 15 is 0 Å². The fourth-order valence-corrected chi connectivity index (χ4v) is 2.18. The van der Waals surface area contributed by atoms with Crippen LogP contribution in [0, 0.1) is 0 Å². The topological polar surface area (TPSA) is 88.3 Å². The molecule has 7 nitrogen and oxygen atoms in total. The first-order chi connectivity index (χ1) is 9.35. The lowest BCUT2D eigenvalue weighted by Crippen LogP contribution is -2.39. The van der Waals surface area contributed by atoms with Crippen molar-refractivity contribution < 1.29 is 4.74 Å². The normalized spacial score (nSPS) is 16.3. The number of hydrogen-bond acceptors (Lipinski definition) is 7. The lowest BCUT2D eigenvalue weighted by atomic mass is 10.2. The van der Waals surface area contributed by atoms with Gasteiger partial charge < -0.3 is 15.5 Å². The molecule has 4 N–H and O–H groups in total. The zero-order valence-corrected chi connectivity index (χ0v) is 11.4. The maximum absolute atomic E-state index is 5.45. The van der Waals surface area contributed by atoms with Gasteiger partial charge in [0.2, 0.25) is 0 Å². The number of hydrazine groups is 1. The molecule has 1 aromatic rings. The van der Waals surface area contributed by atoms with Crippen molar-refractivity contribution in [2.75, 3.05) is 50.1 Å². The second kappa shape index (κ2) is 7.22. The Balaban J connectivity index is 1.88. The number of nitrogen functional groups attached to an aromatic ring is 1. The van der Waals surface area contributed by atoms with E-state index in [1.54, 1.807) is 0 Å². The van der Waals surface area contributed by atoms with E-state index in [0.29, 0.717) is 5.82 Å². The highest BCUT2D eigenvalue weighted by molar-refractivity contribution is 5.56. The van der Waals surface area contributed by atoms with Crippen LogP contribution in [0.4, 0.5) is 11.6 Å². The fraction of sp³-hybridized carbons (Fsp3) is 0.667. The molecule has 1 fully saturated rings. The number of hydrogen-bond donors (Lipinski definition) is 3. The molecule has 1 aromatic heterocycles. The van der Waals surface area contributed by atoms with E-state index in [0.717, 1.165) is 57.2 Å². The molecule has 1 aliphatic heterocycles. The highest BCUT2D eigenvalue weighted by atomic mass is 16.5. The molecule has 1 saturated heterocycles. The molecule has 106 valence electrons. The van der Waals surface area contributed by atoms with Crippen LogP contribution in [0.25, 0.3) is 0 Å². The molecule has 0 radical (unpaired) electrons. The zero-order chi connectivity index (χ0) is 13.5. The van der Waals surface area contributed by atoms with Gasteiger partial charge in [-0.2, -0.15) is 0 Å². The van der Waals surface area contributed by atoms with Gasteiger partial charge in [0.1, 0.15) is 18.0 Å². The van der Waals surface area contributed by atoms with Crippen LogP contribution in [0.2, 0.25) is 0 Å². The Bertz CT molecular complexity index is 394. The van der Waals surface area contributed by atoms with Crippen molar-refractivity contribution in [2.24, 2.45) is 5.84 Å². The predicted octanol–water partition coefficient (Wildman–Crippen LogP) is 0.0687. The molecule has 0 bridgehead atoms. The molecule has 0 saturated carbocycles. The van der Waals surface area contributed by atoms with Crippen molar-refractivity contribution in [3.8, 4) is 0 Å². The summed E-state index contributed by atoms with van der Waals surface area (Å²) >= 11 is 0. The van der Waals surface area contributed by atoms with Gasteiger partial charge in [-0.05, 0) is 6.42 Å². The standard InChI is InChI=1S/C12H22N6O/c1-2-10-11(15-9-16-12(10)17-13)14-3-4-18-5-7-19-8-6-18/h9H,2-8,13H2,1H3,(H2,14,15,16,17). The van der Waals surface area contributed by atoms with E-state index in [1.165, 1.54) is 6.33 Å². The van der Waals surface area contributed by atoms with Gasteiger partial charge in [-0.15, -0.1) is 0 Å². The number of rotatable bonds is 6. The third-order valence-corrected chi connectivity index (χ3v) is 3.26. The van der Waals surface area contributed by atoms with Crippen molar-refractivity contribution in [1.29, 1.82) is 0 Å². The number of nitrogens with one attached hydrogen (secondary N) is 2. The van der Waals surface area contributed by atoms with Crippen LogP contribution in [0.1, 0.15) is 12.5 Å². The Hall–Kier alpha value is -1.44. The molecule has 0 unspecified atom stereocenters. The average Bonchev–Trinajstić information content (AvgIpc) is 2.48. The zero-order valence-electron chi connectivity index (χ0n) is 11.4. The molecule has 0 atom stereocenters. The second-order valence-corrected chi connectivity index (χ2v) is 4.43. The van der Waals surface area contributed by atoms with Crippen molar-refractivity contribution >= 4 is 11.6 Å². The molecule has 7 heteroatoms. The highest BCUT2D eigenvalue weighted by Gasteiger charge is 2.11. The summed E-state index contributed by atoms with van der Waals surface area (Å²) in [6, 6.07) is 0. The van der Waals surface area contributed by atoms with E-state index in [9.17, 15) is 0 Å². The largest absolute Gasteiger partial charge is 0.379 e. The van der Waals surface area contributed by atoms with E-state index in [-0.39, 0.29) is 0 Å². The highest BCUT2D eigenvalue weighted by Crippen LogP contribution is 2.19. The van der Waals surface area contributed by atoms with Crippen molar-refractivity contribution in [2.45, 2.75) is 13.3 Å². The maximum Gasteiger partial charge on any atom is 0.148 e. The average molecular weight is 266 g/mol.